The number of hydrogen-bond donors (Lipinski definition) is 3. The maximum Gasteiger partial charge on any atom is 0.153 e. The fraction of sp³-hybridized carbons (Fsp3) is 0.478. The van der Waals surface area contributed by atoms with Crippen LogP contribution in [0.5, 0.6) is 0 Å². The average molecular weight is 424 g/mol. The van der Waals surface area contributed by atoms with Gasteiger partial charge in [0.05, 0.1) is 12.3 Å². The highest BCUT2D eigenvalue weighted by Gasteiger charge is 2.43. The van der Waals surface area contributed by atoms with E-state index >= 15 is 0 Å². The lowest BCUT2D eigenvalue weighted by Crippen LogP contribution is -2.47. The molecule has 7 heteroatoms. The number of nitrogens with two attached hydrogens (primary N) is 1. The van der Waals surface area contributed by atoms with Crippen LogP contribution in [-0.2, 0) is 6.61 Å². The molecule has 3 aromatic rings. The summed E-state index contributed by atoms with van der Waals surface area (Å²) in [4.78, 5) is 16.4. The summed E-state index contributed by atoms with van der Waals surface area (Å²) in [7, 11) is 0. The lowest BCUT2D eigenvalue weighted by Gasteiger charge is -2.42. The summed E-state index contributed by atoms with van der Waals surface area (Å²) < 4.78 is 0. The molecule has 1 spiro atoms. The van der Waals surface area contributed by atoms with Crippen LogP contribution in [-0.4, -0.2) is 39.2 Å². The molecule has 0 bridgehead atoms. The number of aromatic amines is 1. The van der Waals surface area contributed by atoms with Gasteiger partial charge in [0.25, 0.3) is 0 Å². The molecule has 158 valence electrons. The summed E-state index contributed by atoms with van der Waals surface area (Å²) in [6, 6.07) is 8.73. The van der Waals surface area contributed by atoms with Gasteiger partial charge in [0, 0.05) is 35.7 Å². The van der Waals surface area contributed by atoms with Crippen molar-refractivity contribution >= 4 is 28.5 Å². The number of benzene rings is 1. The molecule has 1 saturated heterocycles. The second kappa shape index (κ2) is 7.87. The number of rotatable bonds is 4. The van der Waals surface area contributed by atoms with Crippen LogP contribution < -0.4 is 10.6 Å². The van der Waals surface area contributed by atoms with E-state index in [1.165, 1.54) is 18.2 Å². The highest BCUT2D eigenvalue weighted by Crippen LogP contribution is 2.46. The van der Waals surface area contributed by atoms with Crippen LogP contribution in [0.3, 0.4) is 0 Å². The summed E-state index contributed by atoms with van der Waals surface area (Å²) in [6.45, 7) is 3.77. The summed E-state index contributed by atoms with van der Waals surface area (Å²) >= 11 is 1.59. The molecule has 1 aromatic carbocycles. The van der Waals surface area contributed by atoms with Gasteiger partial charge in [-0.05, 0) is 61.6 Å². The Morgan fingerprint density at radius 2 is 2.07 bits per heavy atom. The van der Waals surface area contributed by atoms with Crippen molar-refractivity contribution in [2.75, 3.05) is 18.0 Å². The lowest BCUT2D eigenvalue weighted by molar-refractivity contribution is 0.196. The van der Waals surface area contributed by atoms with Crippen molar-refractivity contribution in [3.63, 3.8) is 0 Å². The Morgan fingerprint density at radius 3 is 2.80 bits per heavy atom. The van der Waals surface area contributed by atoms with Crippen LogP contribution in [0.25, 0.3) is 10.9 Å². The predicted molar refractivity (Wildman–Crippen MR) is 121 cm³/mol. The third kappa shape index (κ3) is 3.49. The van der Waals surface area contributed by atoms with Gasteiger partial charge in [-0.15, -0.1) is 0 Å². The Bertz CT molecular complexity index is 1060. The van der Waals surface area contributed by atoms with Gasteiger partial charge >= 0.3 is 0 Å². The second-order valence-corrected chi connectivity index (χ2v) is 9.78. The number of aromatic nitrogens is 3. The fourth-order valence-corrected chi connectivity index (χ4v) is 6.02. The van der Waals surface area contributed by atoms with Crippen molar-refractivity contribution in [1.29, 1.82) is 0 Å². The fourth-order valence-electron chi connectivity index (χ4n) is 5.13. The van der Waals surface area contributed by atoms with Crippen molar-refractivity contribution in [3.05, 3.63) is 41.9 Å². The van der Waals surface area contributed by atoms with Crippen LogP contribution >= 0.6 is 11.8 Å². The third-order valence-corrected chi connectivity index (χ3v) is 8.07. The smallest absolute Gasteiger partial charge is 0.153 e. The highest BCUT2D eigenvalue weighted by molar-refractivity contribution is 7.99. The Morgan fingerprint density at radius 1 is 1.23 bits per heavy atom. The van der Waals surface area contributed by atoms with Crippen molar-refractivity contribution in [3.8, 4) is 0 Å². The zero-order chi connectivity index (χ0) is 20.7. The molecular weight excluding hydrogens is 394 g/mol. The maximum atomic E-state index is 10.0. The Balaban J connectivity index is 1.37. The molecule has 0 radical (unpaired) electrons. The van der Waals surface area contributed by atoms with E-state index in [9.17, 15) is 5.11 Å². The Labute approximate surface area is 181 Å². The standard InChI is InChI=1S/C23H29N5OS/c1-15-22(30-17-5-4-16-6-10-25-18(16)13-17)27-19(14-29)21(26-15)28-11-8-23(9-12-28)7-2-3-20(23)24/h4-6,10,13,20,25,29H,2-3,7-9,11-12,14,24H2,1H3/t20-/m1/s1. The molecule has 1 saturated carbocycles. The first kappa shape index (κ1) is 19.8. The molecule has 5 rings (SSSR count). The number of piperidine rings is 1. The topological polar surface area (TPSA) is 91.1 Å². The van der Waals surface area contributed by atoms with Crippen LogP contribution in [0.2, 0.25) is 0 Å². The van der Waals surface area contributed by atoms with E-state index in [2.05, 4.69) is 34.1 Å². The second-order valence-electron chi connectivity index (χ2n) is 8.72. The minimum absolute atomic E-state index is 0.104. The van der Waals surface area contributed by atoms with E-state index in [-0.39, 0.29) is 6.61 Å². The summed E-state index contributed by atoms with van der Waals surface area (Å²) in [5, 5.41) is 12.1. The molecule has 1 aliphatic carbocycles. The number of fused-ring (bicyclic) bond motifs is 1. The monoisotopic (exact) mass is 423 g/mol. The molecule has 0 amide bonds. The number of hydrogen-bond acceptors (Lipinski definition) is 6. The van der Waals surface area contributed by atoms with Crippen LogP contribution in [0.4, 0.5) is 5.82 Å². The van der Waals surface area contributed by atoms with E-state index in [1.54, 1.807) is 11.8 Å². The minimum atomic E-state index is -0.104. The van der Waals surface area contributed by atoms with Crippen LogP contribution in [0, 0.1) is 12.3 Å². The molecule has 3 heterocycles. The Kier molecular flexibility index (Phi) is 5.21. The molecule has 1 atom stereocenters. The van der Waals surface area contributed by atoms with Crippen molar-refractivity contribution in [2.45, 2.75) is 61.6 Å². The minimum Gasteiger partial charge on any atom is -0.390 e. The molecule has 30 heavy (non-hydrogen) atoms. The molecule has 2 aromatic heterocycles. The average Bonchev–Trinajstić information content (AvgIpc) is 3.36. The van der Waals surface area contributed by atoms with E-state index in [1.807, 2.05) is 13.1 Å². The van der Waals surface area contributed by atoms with E-state index in [0.717, 1.165) is 59.3 Å². The normalized spacial score (nSPS) is 21.0. The molecule has 6 nitrogen and oxygen atoms in total. The first-order valence-electron chi connectivity index (χ1n) is 10.8. The van der Waals surface area contributed by atoms with Gasteiger partial charge in [0.15, 0.2) is 5.82 Å². The van der Waals surface area contributed by atoms with Crippen LogP contribution in [0.15, 0.2) is 40.4 Å². The lowest BCUT2D eigenvalue weighted by atomic mass is 9.74. The van der Waals surface area contributed by atoms with Crippen molar-refractivity contribution in [1.82, 2.24) is 15.0 Å². The quantitative estimate of drug-likeness (QED) is 0.587. The Hall–Kier alpha value is -2.09. The van der Waals surface area contributed by atoms with Gasteiger partial charge in [0.1, 0.15) is 10.7 Å². The first-order chi connectivity index (χ1) is 14.6. The van der Waals surface area contributed by atoms with Gasteiger partial charge in [-0.3, -0.25) is 0 Å². The number of anilines is 1. The molecule has 2 aliphatic rings. The number of H-pyrrole nitrogens is 1. The van der Waals surface area contributed by atoms with Gasteiger partial charge in [-0.1, -0.05) is 24.2 Å². The predicted octanol–water partition coefficient (Wildman–Crippen LogP) is 4.01. The van der Waals surface area contributed by atoms with Gasteiger partial charge in [0.2, 0.25) is 0 Å². The number of aliphatic hydroxyl groups excluding tert-OH is 1. The first-order valence-corrected chi connectivity index (χ1v) is 11.6. The van der Waals surface area contributed by atoms with Crippen molar-refractivity contribution in [2.24, 2.45) is 11.1 Å². The summed E-state index contributed by atoms with van der Waals surface area (Å²) in [6.07, 6.45) is 7.81. The van der Waals surface area contributed by atoms with E-state index in [0.29, 0.717) is 17.2 Å². The molecule has 2 fully saturated rings. The summed E-state index contributed by atoms with van der Waals surface area (Å²) in [5.74, 6) is 0.834. The van der Waals surface area contributed by atoms with E-state index < -0.39 is 0 Å². The highest BCUT2D eigenvalue weighted by atomic mass is 32.2. The van der Waals surface area contributed by atoms with Gasteiger partial charge < -0.3 is 20.7 Å². The molecule has 0 unspecified atom stereocenters. The number of nitrogens with zero attached hydrogens (tertiary/aromatic N) is 3. The molecular formula is C23H29N5OS. The van der Waals surface area contributed by atoms with Gasteiger partial charge in [-0.2, -0.15) is 0 Å². The molecule has 1 aliphatic heterocycles. The largest absolute Gasteiger partial charge is 0.390 e. The molecule has 4 N–H and O–H groups in total. The number of aryl methyl sites for hydroxylation is 1. The van der Waals surface area contributed by atoms with Gasteiger partial charge in [-0.25, -0.2) is 9.97 Å². The van der Waals surface area contributed by atoms with Crippen molar-refractivity contribution < 1.29 is 5.11 Å². The third-order valence-electron chi connectivity index (χ3n) is 7.00. The number of nitrogens with one attached hydrogen (secondary N) is 1. The van der Waals surface area contributed by atoms with E-state index in [4.69, 9.17) is 15.7 Å². The zero-order valence-electron chi connectivity index (χ0n) is 17.4. The van der Waals surface area contributed by atoms with Crippen LogP contribution in [0.1, 0.15) is 43.5 Å². The number of aliphatic hydroxyl groups is 1. The summed E-state index contributed by atoms with van der Waals surface area (Å²) in [5.41, 5.74) is 9.42. The zero-order valence-corrected chi connectivity index (χ0v) is 18.2. The maximum absolute atomic E-state index is 10.0. The SMILES string of the molecule is Cc1nc(N2CCC3(CCC[C@H]3N)CC2)c(CO)nc1Sc1ccc2cc[nH]c2c1.